The number of imidazole rings is 1. The smallest absolute Gasteiger partial charge is 0.170 e. The van der Waals surface area contributed by atoms with Crippen molar-refractivity contribution in [3.8, 4) is 11.3 Å². The first-order chi connectivity index (χ1) is 12.2. The van der Waals surface area contributed by atoms with Crippen molar-refractivity contribution in [1.29, 1.82) is 0 Å². The van der Waals surface area contributed by atoms with E-state index >= 15 is 0 Å². The fraction of sp³-hybridized carbons (Fsp3) is 0.316. The van der Waals surface area contributed by atoms with E-state index in [1.165, 1.54) is 11.3 Å². The molecule has 25 heavy (non-hydrogen) atoms. The topological polar surface area (TPSA) is 53.7 Å². The lowest BCUT2D eigenvalue weighted by Crippen LogP contribution is -2.44. The lowest BCUT2D eigenvalue weighted by molar-refractivity contribution is 0.111. The average molecular weight is 335 g/mol. The summed E-state index contributed by atoms with van der Waals surface area (Å²) in [4.78, 5) is 20.2. The molecule has 6 nitrogen and oxygen atoms in total. The normalized spacial score (nSPS) is 15.7. The number of fused-ring (bicyclic) bond motifs is 1. The standard InChI is InChI=1S/C19H21N5O/c1-14-11-15(3-5-17(14)23-9-7-22(2)8-10-23)18-12-20-19-6-4-16(13-25)21-24(18)19/h3-6,11-13H,7-10H2,1-2H3. The second-order valence-corrected chi connectivity index (χ2v) is 6.58. The molecule has 0 spiro atoms. The Kier molecular flexibility index (Phi) is 3.97. The number of aldehydes is 1. The molecule has 1 saturated heterocycles. The second kappa shape index (κ2) is 6.29. The minimum absolute atomic E-state index is 0.400. The zero-order valence-corrected chi connectivity index (χ0v) is 14.5. The van der Waals surface area contributed by atoms with Crippen molar-refractivity contribution in [2.45, 2.75) is 6.92 Å². The van der Waals surface area contributed by atoms with Gasteiger partial charge in [0, 0.05) is 37.4 Å². The molecule has 3 heterocycles. The van der Waals surface area contributed by atoms with E-state index in [2.05, 4.69) is 52.1 Å². The number of anilines is 1. The molecule has 0 N–H and O–H groups in total. The third-order valence-corrected chi connectivity index (χ3v) is 4.84. The number of piperazine rings is 1. The molecule has 1 fully saturated rings. The van der Waals surface area contributed by atoms with Gasteiger partial charge in [0.25, 0.3) is 0 Å². The lowest BCUT2D eigenvalue weighted by Gasteiger charge is -2.35. The molecule has 1 aliphatic heterocycles. The Hall–Kier alpha value is -2.73. The van der Waals surface area contributed by atoms with Gasteiger partial charge in [0.1, 0.15) is 5.69 Å². The summed E-state index contributed by atoms with van der Waals surface area (Å²) in [7, 11) is 2.17. The Morgan fingerprint density at radius 1 is 1.08 bits per heavy atom. The number of hydrogen-bond donors (Lipinski definition) is 0. The van der Waals surface area contributed by atoms with Gasteiger partial charge in [-0.15, -0.1) is 0 Å². The summed E-state index contributed by atoms with van der Waals surface area (Å²) in [5.41, 5.74) is 5.61. The van der Waals surface area contributed by atoms with Crippen LogP contribution < -0.4 is 4.90 Å². The van der Waals surface area contributed by atoms with Crippen LogP contribution in [-0.2, 0) is 0 Å². The van der Waals surface area contributed by atoms with Crippen LogP contribution in [0, 0.1) is 6.92 Å². The van der Waals surface area contributed by atoms with Crippen molar-refractivity contribution in [2.24, 2.45) is 0 Å². The molecule has 6 heteroatoms. The molecule has 128 valence electrons. The molecule has 0 bridgehead atoms. The van der Waals surface area contributed by atoms with Crippen molar-refractivity contribution < 1.29 is 4.79 Å². The minimum atomic E-state index is 0.400. The first kappa shape index (κ1) is 15.8. The number of aromatic nitrogens is 3. The Labute approximate surface area is 146 Å². The van der Waals surface area contributed by atoms with Crippen LogP contribution in [-0.4, -0.2) is 59.0 Å². The summed E-state index contributed by atoms with van der Waals surface area (Å²) in [6.45, 7) is 6.43. The summed E-state index contributed by atoms with van der Waals surface area (Å²) in [6.07, 6.45) is 2.56. The van der Waals surface area contributed by atoms with E-state index in [4.69, 9.17) is 0 Å². The first-order valence-electron chi connectivity index (χ1n) is 8.50. The van der Waals surface area contributed by atoms with Gasteiger partial charge in [0.05, 0.1) is 11.9 Å². The van der Waals surface area contributed by atoms with E-state index in [9.17, 15) is 4.79 Å². The maximum absolute atomic E-state index is 11.0. The molecule has 0 amide bonds. The highest BCUT2D eigenvalue weighted by atomic mass is 16.1. The fourth-order valence-electron chi connectivity index (χ4n) is 3.36. The van der Waals surface area contributed by atoms with Gasteiger partial charge in [0.15, 0.2) is 11.9 Å². The lowest BCUT2D eigenvalue weighted by atomic mass is 10.1. The Morgan fingerprint density at radius 3 is 2.60 bits per heavy atom. The number of nitrogens with zero attached hydrogens (tertiary/aromatic N) is 5. The van der Waals surface area contributed by atoms with E-state index < -0.39 is 0 Å². The predicted molar refractivity (Wildman–Crippen MR) is 98.3 cm³/mol. The summed E-state index contributed by atoms with van der Waals surface area (Å²) < 4.78 is 1.73. The number of carbonyl (C=O) groups excluding carboxylic acids is 1. The molecule has 0 saturated carbocycles. The molecule has 1 aromatic carbocycles. The molecule has 2 aromatic heterocycles. The largest absolute Gasteiger partial charge is 0.369 e. The Bertz CT molecular complexity index is 925. The second-order valence-electron chi connectivity index (χ2n) is 6.58. The van der Waals surface area contributed by atoms with Gasteiger partial charge in [-0.1, -0.05) is 6.07 Å². The number of carbonyl (C=O) groups is 1. The highest BCUT2D eigenvalue weighted by Crippen LogP contribution is 2.28. The van der Waals surface area contributed by atoms with Crippen LogP contribution in [0.15, 0.2) is 36.5 Å². The summed E-state index contributed by atoms with van der Waals surface area (Å²) in [5.74, 6) is 0. The third-order valence-electron chi connectivity index (χ3n) is 4.84. The quantitative estimate of drug-likeness (QED) is 0.687. The van der Waals surface area contributed by atoms with E-state index in [-0.39, 0.29) is 0 Å². The number of hydrogen-bond acceptors (Lipinski definition) is 5. The van der Waals surface area contributed by atoms with Gasteiger partial charge in [-0.25, -0.2) is 9.50 Å². The van der Waals surface area contributed by atoms with Gasteiger partial charge in [-0.05, 0) is 43.8 Å². The van der Waals surface area contributed by atoms with Crippen LogP contribution in [0.5, 0.6) is 0 Å². The number of likely N-dealkylation sites (N-methyl/N-ethyl adjacent to an activating group) is 1. The van der Waals surface area contributed by atoms with Crippen molar-refractivity contribution in [3.63, 3.8) is 0 Å². The van der Waals surface area contributed by atoms with Crippen molar-refractivity contribution in [2.75, 3.05) is 38.1 Å². The van der Waals surface area contributed by atoms with Gasteiger partial charge >= 0.3 is 0 Å². The van der Waals surface area contributed by atoms with E-state index in [0.717, 1.165) is 49.4 Å². The molecule has 3 aromatic rings. The van der Waals surface area contributed by atoms with Crippen LogP contribution >= 0.6 is 0 Å². The zero-order chi connectivity index (χ0) is 17.4. The Balaban J connectivity index is 1.70. The summed E-state index contributed by atoms with van der Waals surface area (Å²) in [5, 5.41) is 4.35. The number of rotatable bonds is 3. The summed E-state index contributed by atoms with van der Waals surface area (Å²) >= 11 is 0. The highest BCUT2D eigenvalue weighted by Gasteiger charge is 2.17. The number of aryl methyl sites for hydroxylation is 1. The van der Waals surface area contributed by atoms with Gasteiger partial charge in [0.2, 0.25) is 0 Å². The van der Waals surface area contributed by atoms with Crippen molar-refractivity contribution >= 4 is 17.6 Å². The monoisotopic (exact) mass is 335 g/mol. The zero-order valence-electron chi connectivity index (χ0n) is 14.5. The summed E-state index contributed by atoms with van der Waals surface area (Å²) in [6, 6.07) is 9.96. The highest BCUT2D eigenvalue weighted by molar-refractivity contribution is 5.73. The fourth-order valence-corrected chi connectivity index (χ4v) is 3.36. The molecule has 0 atom stereocenters. The number of benzene rings is 1. The molecule has 1 aliphatic rings. The molecule has 0 unspecified atom stereocenters. The third kappa shape index (κ3) is 2.89. The minimum Gasteiger partial charge on any atom is -0.369 e. The maximum atomic E-state index is 11.0. The van der Waals surface area contributed by atoms with Crippen molar-refractivity contribution in [3.05, 3.63) is 47.8 Å². The van der Waals surface area contributed by atoms with E-state index in [0.29, 0.717) is 5.69 Å². The van der Waals surface area contributed by atoms with Crippen LogP contribution in [0.4, 0.5) is 5.69 Å². The van der Waals surface area contributed by atoms with Crippen LogP contribution in [0.25, 0.3) is 16.9 Å². The predicted octanol–water partition coefficient (Wildman–Crippen LogP) is 2.27. The first-order valence-corrected chi connectivity index (χ1v) is 8.50. The van der Waals surface area contributed by atoms with Crippen LogP contribution in [0.2, 0.25) is 0 Å². The van der Waals surface area contributed by atoms with Gasteiger partial charge in [-0.2, -0.15) is 5.10 Å². The van der Waals surface area contributed by atoms with Crippen LogP contribution in [0.3, 0.4) is 0 Å². The Morgan fingerprint density at radius 2 is 1.88 bits per heavy atom. The molecular weight excluding hydrogens is 314 g/mol. The SMILES string of the molecule is Cc1cc(-c2cnc3ccc(C=O)nn23)ccc1N1CCN(C)CC1. The van der Waals surface area contributed by atoms with E-state index in [1.54, 1.807) is 16.8 Å². The van der Waals surface area contributed by atoms with E-state index in [1.807, 2.05) is 6.07 Å². The molecule has 0 radical (unpaired) electrons. The molecule has 0 aliphatic carbocycles. The maximum Gasteiger partial charge on any atom is 0.170 e. The van der Waals surface area contributed by atoms with Crippen molar-refractivity contribution in [1.82, 2.24) is 19.5 Å². The van der Waals surface area contributed by atoms with Crippen LogP contribution in [0.1, 0.15) is 16.1 Å². The molecular formula is C19H21N5O. The molecule has 4 rings (SSSR count). The average Bonchev–Trinajstić information content (AvgIpc) is 3.05. The van der Waals surface area contributed by atoms with Gasteiger partial charge < -0.3 is 9.80 Å². The van der Waals surface area contributed by atoms with Gasteiger partial charge in [-0.3, -0.25) is 4.79 Å².